The fourth-order valence-electron chi connectivity index (χ4n) is 2.53. The van der Waals surface area contributed by atoms with Crippen LogP contribution in [0.15, 0.2) is 4.99 Å². The Morgan fingerprint density at radius 2 is 1.41 bits per heavy atom. The number of aliphatic carboxylic acids is 3. The number of carboxylic acid groups (broad SMARTS) is 3. The van der Waals surface area contributed by atoms with Crippen LogP contribution in [0.25, 0.3) is 0 Å². The Balaban J connectivity index is 5.10. The number of guanidine groups is 1. The molecule has 0 aromatic carbocycles. The predicted molar refractivity (Wildman–Crippen MR) is 116 cm³/mol. The second kappa shape index (κ2) is 15.0. The molecule has 0 radical (unpaired) electrons. The molecule has 0 aliphatic carbocycles. The van der Waals surface area contributed by atoms with Gasteiger partial charge in [0.25, 0.3) is 0 Å². The fraction of sp³-hybridized carbons (Fsp3) is 0.611. The molecule has 34 heavy (non-hydrogen) atoms. The molecule has 0 aliphatic rings. The van der Waals surface area contributed by atoms with Crippen LogP contribution in [0.5, 0.6) is 0 Å². The Labute approximate surface area is 194 Å². The van der Waals surface area contributed by atoms with Crippen LogP contribution in [0.3, 0.4) is 0 Å². The van der Waals surface area contributed by atoms with Crippen molar-refractivity contribution < 1.29 is 44.1 Å². The predicted octanol–water partition coefficient (Wildman–Crippen LogP) is -3.73. The highest BCUT2D eigenvalue weighted by atomic mass is 16.4. The minimum atomic E-state index is -1.49. The van der Waals surface area contributed by atoms with E-state index in [-0.39, 0.29) is 31.8 Å². The van der Waals surface area contributed by atoms with Gasteiger partial charge in [0.2, 0.25) is 17.7 Å². The minimum absolute atomic E-state index is 0.00270. The first-order valence-electron chi connectivity index (χ1n) is 10.1. The van der Waals surface area contributed by atoms with Crippen molar-refractivity contribution in [1.82, 2.24) is 16.0 Å². The zero-order valence-electron chi connectivity index (χ0n) is 18.5. The summed E-state index contributed by atoms with van der Waals surface area (Å²) in [5.74, 6) is -6.91. The lowest BCUT2D eigenvalue weighted by Crippen LogP contribution is -2.56. The van der Waals surface area contributed by atoms with E-state index in [2.05, 4.69) is 20.9 Å². The van der Waals surface area contributed by atoms with Crippen LogP contribution in [-0.2, 0) is 28.8 Å². The second-order valence-corrected chi connectivity index (χ2v) is 7.28. The number of rotatable bonds is 16. The lowest BCUT2D eigenvalue weighted by atomic mass is 10.1. The van der Waals surface area contributed by atoms with Crippen molar-refractivity contribution in [3.8, 4) is 0 Å². The molecule has 0 spiro atoms. The molecule has 0 bridgehead atoms. The number of carbonyl (C=O) groups is 6. The van der Waals surface area contributed by atoms with E-state index in [9.17, 15) is 33.9 Å². The molecule has 16 nitrogen and oxygen atoms in total. The van der Waals surface area contributed by atoms with Gasteiger partial charge in [-0.15, -0.1) is 0 Å². The van der Waals surface area contributed by atoms with E-state index in [1.165, 1.54) is 6.92 Å². The average molecular weight is 489 g/mol. The highest BCUT2D eigenvalue weighted by molar-refractivity contribution is 5.94. The third-order valence-corrected chi connectivity index (χ3v) is 4.32. The molecule has 0 aromatic rings. The minimum Gasteiger partial charge on any atom is -0.481 e. The number of carboxylic acids is 3. The molecule has 0 saturated carbocycles. The van der Waals surface area contributed by atoms with Gasteiger partial charge in [0.1, 0.15) is 18.1 Å². The Bertz CT molecular complexity index is 799. The standard InChI is InChI=1S/C18H31N7O9/c1-8(14(30)25-11(17(33)34)3-2-6-22-18(20)21)23-16(32)10(4-5-12(26)27)24-15(31)9(19)7-13(28)29/h8-11H,2-7,19H2,1H3,(H,23,32)(H,24,31)(H,25,30)(H,26,27)(H,28,29)(H,33,34)(H4,20,21,22). The van der Waals surface area contributed by atoms with E-state index in [0.29, 0.717) is 0 Å². The van der Waals surface area contributed by atoms with Crippen molar-refractivity contribution in [1.29, 1.82) is 0 Å². The Kier molecular flexibility index (Phi) is 13.2. The lowest BCUT2D eigenvalue weighted by molar-refractivity contribution is -0.142. The Hall–Kier alpha value is -3.95. The lowest BCUT2D eigenvalue weighted by Gasteiger charge is -2.23. The molecular weight excluding hydrogens is 458 g/mol. The summed E-state index contributed by atoms with van der Waals surface area (Å²) >= 11 is 0. The van der Waals surface area contributed by atoms with Gasteiger partial charge in [-0.05, 0) is 26.2 Å². The molecule has 4 atom stereocenters. The summed E-state index contributed by atoms with van der Waals surface area (Å²) in [7, 11) is 0. The summed E-state index contributed by atoms with van der Waals surface area (Å²) in [6, 6.07) is -5.48. The number of hydrogen-bond donors (Lipinski definition) is 9. The molecule has 0 aliphatic heterocycles. The summed E-state index contributed by atoms with van der Waals surface area (Å²) in [6.07, 6.45) is -1.38. The van der Waals surface area contributed by atoms with Gasteiger partial charge < -0.3 is 48.5 Å². The van der Waals surface area contributed by atoms with E-state index in [1.54, 1.807) is 0 Å². The first-order chi connectivity index (χ1) is 15.7. The summed E-state index contributed by atoms with van der Waals surface area (Å²) in [6.45, 7) is 1.39. The van der Waals surface area contributed by atoms with Gasteiger partial charge in [-0.3, -0.25) is 29.0 Å². The van der Waals surface area contributed by atoms with E-state index in [0.717, 1.165) is 0 Å². The van der Waals surface area contributed by atoms with Gasteiger partial charge in [0, 0.05) is 13.0 Å². The van der Waals surface area contributed by atoms with Crippen LogP contribution in [0, 0.1) is 0 Å². The van der Waals surface area contributed by atoms with Crippen LogP contribution < -0.4 is 33.2 Å². The van der Waals surface area contributed by atoms with Gasteiger partial charge in [0.05, 0.1) is 12.5 Å². The summed E-state index contributed by atoms with van der Waals surface area (Å²) < 4.78 is 0. The normalized spacial score (nSPS) is 13.9. The maximum absolute atomic E-state index is 12.5. The molecule has 0 heterocycles. The largest absolute Gasteiger partial charge is 0.481 e. The summed E-state index contributed by atoms with van der Waals surface area (Å²) in [5.41, 5.74) is 15.8. The average Bonchev–Trinajstić information content (AvgIpc) is 2.71. The highest BCUT2D eigenvalue weighted by Crippen LogP contribution is 2.03. The summed E-state index contributed by atoms with van der Waals surface area (Å²) in [4.78, 5) is 73.6. The Morgan fingerprint density at radius 1 is 0.824 bits per heavy atom. The van der Waals surface area contributed by atoms with Crippen LogP contribution in [0.4, 0.5) is 0 Å². The third kappa shape index (κ3) is 12.8. The van der Waals surface area contributed by atoms with Crippen molar-refractivity contribution in [2.45, 2.75) is 63.2 Å². The van der Waals surface area contributed by atoms with Crippen molar-refractivity contribution in [2.75, 3.05) is 6.54 Å². The first kappa shape index (κ1) is 30.1. The van der Waals surface area contributed by atoms with Gasteiger partial charge in [0.15, 0.2) is 5.96 Å². The molecule has 16 heteroatoms. The molecule has 192 valence electrons. The van der Waals surface area contributed by atoms with Gasteiger partial charge in [-0.1, -0.05) is 0 Å². The fourth-order valence-corrected chi connectivity index (χ4v) is 2.53. The smallest absolute Gasteiger partial charge is 0.326 e. The van der Waals surface area contributed by atoms with Gasteiger partial charge in [-0.25, -0.2) is 4.79 Å². The maximum Gasteiger partial charge on any atom is 0.326 e. The van der Waals surface area contributed by atoms with E-state index < -0.39 is 72.6 Å². The van der Waals surface area contributed by atoms with E-state index in [1.807, 2.05) is 0 Å². The quantitative estimate of drug-likeness (QED) is 0.0574. The second-order valence-electron chi connectivity index (χ2n) is 7.28. The molecule has 0 rings (SSSR count). The molecule has 3 amide bonds. The third-order valence-electron chi connectivity index (χ3n) is 4.32. The first-order valence-corrected chi connectivity index (χ1v) is 10.1. The molecular formula is C18H31N7O9. The van der Waals surface area contributed by atoms with Crippen LogP contribution in [-0.4, -0.2) is 87.6 Å². The van der Waals surface area contributed by atoms with Crippen molar-refractivity contribution in [3.63, 3.8) is 0 Å². The number of nitrogens with zero attached hydrogens (tertiary/aromatic N) is 1. The molecule has 12 N–H and O–H groups in total. The number of carbonyl (C=O) groups excluding carboxylic acids is 3. The SMILES string of the molecule is CC(NC(=O)C(CCC(=O)O)NC(=O)C(N)CC(=O)O)C(=O)NC(CCCN=C(N)N)C(=O)O. The van der Waals surface area contributed by atoms with E-state index in [4.69, 9.17) is 27.4 Å². The van der Waals surface area contributed by atoms with Crippen molar-refractivity contribution in [3.05, 3.63) is 0 Å². The topological polar surface area (TPSA) is 290 Å². The van der Waals surface area contributed by atoms with Gasteiger partial charge in [-0.2, -0.15) is 0 Å². The van der Waals surface area contributed by atoms with Crippen LogP contribution in [0.1, 0.15) is 39.0 Å². The molecule has 0 aromatic heterocycles. The number of nitrogens with one attached hydrogen (secondary N) is 3. The molecule has 4 unspecified atom stereocenters. The van der Waals surface area contributed by atoms with Crippen molar-refractivity contribution in [2.24, 2.45) is 22.2 Å². The Morgan fingerprint density at radius 3 is 1.91 bits per heavy atom. The van der Waals surface area contributed by atoms with E-state index >= 15 is 0 Å². The molecule has 0 fully saturated rings. The number of hydrogen-bond acceptors (Lipinski definition) is 8. The van der Waals surface area contributed by atoms with Crippen LogP contribution >= 0.6 is 0 Å². The maximum atomic E-state index is 12.5. The van der Waals surface area contributed by atoms with Gasteiger partial charge >= 0.3 is 17.9 Å². The number of amides is 3. The highest BCUT2D eigenvalue weighted by Gasteiger charge is 2.29. The van der Waals surface area contributed by atoms with Crippen molar-refractivity contribution >= 4 is 41.6 Å². The monoisotopic (exact) mass is 489 g/mol. The number of nitrogens with two attached hydrogens (primary N) is 3. The molecule has 0 saturated heterocycles. The zero-order chi connectivity index (χ0) is 26.4. The number of aliphatic imine (C=N–C) groups is 1. The zero-order valence-corrected chi connectivity index (χ0v) is 18.5. The summed E-state index contributed by atoms with van der Waals surface area (Å²) in [5, 5.41) is 33.5. The van der Waals surface area contributed by atoms with Crippen LogP contribution in [0.2, 0.25) is 0 Å².